The van der Waals surface area contributed by atoms with Crippen LogP contribution in [0.3, 0.4) is 0 Å². The molecule has 1 aromatic carbocycles. The van der Waals surface area contributed by atoms with Gasteiger partial charge in [0.05, 0.1) is 14.2 Å². The van der Waals surface area contributed by atoms with Gasteiger partial charge in [0.1, 0.15) is 5.56 Å². The summed E-state index contributed by atoms with van der Waals surface area (Å²) in [7, 11) is 2.35. The second-order valence-corrected chi connectivity index (χ2v) is 3.91. The second-order valence-electron chi connectivity index (χ2n) is 3.91. The topological polar surface area (TPSA) is 98.9 Å². The molecule has 1 N–H and O–H groups in total. The Morgan fingerprint density at radius 1 is 1.29 bits per heavy atom. The first-order valence-corrected chi connectivity index (χ1v) is 5.64. The van der Waals surface area contributed by atoms with E-state index in [-0.39, 0.29) is 28.3 Å². The number of hydrogen-bond donors (Lipinski definition) is 1. The quantitative estimate of drug-likeness (QED) is 0.861. The van der Waals surface area contributed by atoms with Crippen LogP contribution < -0.4 is 4.74 Å². The van der Waals surface area contributed by atoms with Gasteiger partial charge < -0.3 is 19.1 Å². The van der Waals surface area contributed by atoms with Gasteiger partial charge in [-0.2, -0.15) is 0 Å². The fraction of sp³-hybridized carbons (Fsp3) is 0.154. The molecule has 0 aliphatic heterocycles. The monoisotopic (exact) mass is 295 g/mol. The lowest BCUT2D eigenvalue weighted by Crippen LogP contribution is -2.06. The van der Waals surface area contributed by atoms with Crippen molar-refractivity contribution in [1.29, 1.82) is 0 Å². The zero-order chi connectivity index (χ0) is 15.6. The third-order valence-corrected chi connectivity index (χ3v) is 2.67. The van der Waals surface area contributed by atoms with Crippen LogP contribution in [0.25, 0.3) is 11.3 Å². The number of carbonyl (C=O) groups excluding carboxylic acids is 1. The lowest BCUT2D eigenvalue weighted by molar-refractivity contribution is 0.0595. The Labute approximate surface area is 117 Å². The Morgan fingerprint density at radius 2 is 2.00 bits per heavy atom. The summed E-state index contributed by atoms with van der Waals surface area (Å²) in [5.74, 6) is -3.18. The molecule has 0 unspecified atom stereocenters. The van der Waals surface area contributed by atoms with Crippen LogP contribution in [0.5, 0.6) is 5.75 Å². The minimum absolute atomic E-state index is 0.000828. The van der Waals surface area contributed by atoms with E-state index in [0.717, 1.165) is 19.2 Å². The molecular weight excluding hydrogens is 285 g/mol. The SMILES string of the molecule is COC(=O)c1cc(-c2cc(C(=O)O)no2)cc(F)c1OC. The van der Waals surface area contributed by atoms with E-state index < -0.39 is 17.8 Å². The smallest absolute Gasteiger partial charge is 0.358 e. The number of benzene rings is 1. The summed E-state index contributed by atoms with van der Waals surface area (Å²) in [5, 5.41) is 12.1. The molecule has 0 atom stereocenters. The molecule has 0 aliphatic carbocycles. The van der Waals surface area contributed by atoms with E-state index in [2.05, 4.69) is 9.89 Å². The molecule has 21 heavy (non-hydrogen) atoms. The molecule has 2 aromatic rings. The molecule has 0 bridgehead atoms. The lowest BCUT2D eigenvalue weighted by Gasteiger charge is -2.09. The van der Waals surface area contributed by atoms with Gasteiger partial charge >= 0.3 is 11.9 Å². The summed E-state index contributed by atoms with van der Waals surface area (Å²) in [5.41, 5.74) is -0.349. The average Bonchev–Trinajstić information content (AvgIpc) is 2.95. The van der Waals surface area contributed by atoms with Gasteiger partial charge in [0, 0.05) is 11.6 Å². The number of esters is 1. The van der Waals surface area contributed by atoms with Gasteiger partial charge in [-0.25, -0.2) is 14.0 Å². The maximum absolute atomic E-state index is 13.9. The highest BCUT2D eigenvalue weighted by atomic mass is 19.1. The predicted octanol–water partition coefficient (Wildman–Crippen LogP) is 1.97. The number of rotatable bonds is 4. The van der Waals surface area contributed by atoms with Crippen LogP contribution in [0.4, 0.5) is 4.39 Å². The van der Waals surface area contributed by atoms with Crippen LogP contribution in [-0.2, 0) is 4.74 Å². The number of aromatic nitrogens is 1. The fourth-order valence-corrected chi connectivity index (χ4v) is 1.72. The van der Waals surface area contributed by atoms with Crippen LogP contribution in [0.1, 0.15) is 20.8 Å². The fourth-order valence-electron chi connectivity index (χ4n) is 1.72. The first kappa shape index (κ1) is 14.5. The summed E-state index contributed by atoms with van der Waals surface area (Å²) in [6.07, 6.45) is 0. The van der Waals surface area contributed by atoms with Crippen molar-refractivity contribution in [3.05, 3.63) is 35.3 Å². The van der Waals surface area contributed by atoms with Crippen molar-refractivity contribution in [2.24, 2.45) is 0 Å². The summed E-state index contributed by atoms with van der Waals surface area (Å²) < 4.78 is 28.1. The standard InChI is InChI=1S/C13H10FNO6/c1-19-11-7(13(18)20-2)3-6(4-8(11)14)10-5-9(12(16)17)15-21-10/h3-5H,1-2H3,(H,16,17). The zero-order valence-electron chi connectivity index (χ0n) is 11.0. The van der Waals surface area contributed by atoms with Gasteiger partial charge in [-0.15, -0.1) is 0 Å². The van der Waals surface area contributed by atoms with Crippen LogP contribution in [0.2, 0.25) is 0 Å². The highest BCUT2D eigenvalue weighted by Crippen LogP contribution is 2.30. The van der Waals surface area contributed by atoms with Crippen molar-refractivity contribution >= 4 is 11.9 Å². The van der Waals surface area contributed by atoms with Gasteiger partial charge in [-0.1, -0.05) is 5.16 Å². The van der Waals surface area contributed by atoms with Crippen LogP contribution in [0.15, 0.2) is 22.7 Å². The summed E-state index contributed by atoms with van der Waals surface area (Å²) in [6.45, 7) is 0. The van der Waals surface area contributed by atoms with Gasteiger partial charge in [-0.3, -0.25) is 0 Å². The Kier molecular flexibility index (Phi) is 3.88. The summed E-state index contributed by atoms with van der Waals surface area (Å²) >= 11 is 0. The van der Waals surface area contributed by atoms with Crippen molar-refractivity contribution in [2.45, 2.75) is 0 Å². The number of carboxylic acids is 1. The Hall–Kier alpha value is -2.90. The third-order valence-electron chi connectivity index (χ3n) is 2.67. The van der Waals surface area contributed by atoms with E-state index >= 15 is 0 Å². The van der Waals surface area contributed by atoms with E-state index in [0.29, 0.717) is 0 Å². The lowest BCUT2D eigenvalue weighted by atomic mass is 10.1. The molecule has 7 nitrogen and oxygen atoms in total. The summed E-state index contributed by atoms with van der Waals surface area (Å²) in [4.78, 5) is 22.4. The number of aromatic carboxylic acids is 1. The summed E-state index contributed by atoms with van der Waals surface area (Å²) in [6, 6.07) is 3.42. The number of methoxy groups -OCH3 is 2. The van der Waals surface area contributed by atoms with E-state index in [1.807, 2.05) is 0 Å². The molecule has 0 radical (unpaired) electrons. The largest absolute Gasteiger partial charge is 0.493 e. The molecule has 0 aliphatic rings. The number of halogens is 1. The Balaban J connectivity index is 2.56. The van der Waals surface area contributed by atoms with Crippen molar-refractivity contribution in [3.8, 4) is 17.1 Å². The van der Waals surface area contributed by atoms with Crippen LogP contribution in [0, 0.1) is 5.82 Å². The molecule has 1 heterocycles. The predicted molar refractivity (Wildman–Crippen MR) is 66.7 cm³/mol. The maximum atomic E-state index is 13.9. The molecule has 0 amide bonds. The van der Waals surface area contributed by atoms with Gasteiger partial charge in [0.25, 0.3) is 0 Å². The van der Waals surface area contributed by atoms with Gasteiger partial charge in [0.2, 0.25) is 0 Å². The molecule has 1 aromatic heterocycles. The number of ether oxygens (including phenoxy) is 2. The Bertz CT molecular complexity index is 709. The third kappa shape index (κ3) is 2.69. The zero-order valence-corrected chi connectivity index (χ0v) is 11.0. The van der Waals surface area contributed by atoms with E-state index in [9.17, 15) is 14.0 Å². The first-order valence-electron chi connectivity index (χ1n) is 5.64. The van der Waals surface area contributed by atoms with Crippen LogP contribution in [-0.4, -0.2) is 36.4 Å². The maximum Gasteiger partial charge on any atom is 0.358 e. The molecule has 0 fully saturated rings. The molecule has 2 rings (SSSR count). The first-order chi connectivity index (χ1) is 9.97. The van der Waals surface area contributed by atoms with Crippen molar-refractivity contribution < 1.29 is 33.1 Å². The van der Waals surface area contributed by atoms with E-state index in [1.54, 1.807) is 0 Å². The Morgan fingerprint density at radius 3 is 2.52 bits per heavy atom. The van der Waals surface area contributed by atoms with Gasteiger partial charge in [-0.05, 0) is 12.1 Å². The van der Waals surface area contributed by atoms with Gasteiger partial charge in [0.15, 0.2) is 23.0 Å². The average molecular weight is 295 g/mol. The highest BCUT2D eigenvalue weighted by Gasteiger charge is 2.21. The number of hydrogen-bond acceptors (Lipinski definition) is 6. The number of nitrogens with zero attached hydrogens (tertiary/aromatic N) is 1. The molecular formula is C13H10FNO6. The van der Waals surface area contributed by atoms with Crippen molar-refractivity contribution in [3.63, 3.8) is 0 Å². The minimum atomic E-state index is -1.29. The number of carbonyl (C=O) groups is 2. The van der Waals surface area contributed by atoms with Crippen LogP contribution >= 0.6 is 0 Å². The molecule has 0 saturated carbocycles. The molecule has 110 valence electrons. The van der Waals surface area contributed by atoms with Crippen molar-refractivity contribution in [2.75, 3.05) is 14.2 Å². The molecule has 0 spiro atoms. The second kappa shape index (κ2) is 5.61. The molecule has 8 heteroatoms. The van der Waals surface area contributed by atoms with E-state index in [4.69, 9.17) is 14.4 Å². The number of carboxylic acid groups (broad SMARTS) is 1. The minimum Gasteiger partial charge on any atom is -0.493 e. The molecule has 0 saturated heterocycles. The van der Waals surface area contributed by atoms with E-state index in [1.165, 1.54) is 13.2 Å². The highest BCUT2D eigenvalue weighted by molar-refractivity contribution is 5.94. The normalized spacial score (nSPS) is 10.2. The van der Waals surface area contributed by atoms with Crippen molar-refractivity contribution in [1.82, 2.24) is 5.16 Å².